The first kappa shape index (κ1) is 28.1. The zero-order chi connectivity index (χ0) is 29.3. The number of nitrogens with zero attached hydrogens (tertiary/aromatic N) is 7. The zero-order valence-electron chi connectivity index (χ0n) is 24.1. The number of aryl methyl sites for hydroxylation is 1. The first-order valence-electron chi connectivity index (χ1n) is 13.8. The van der Waals surface area contributed by atoms with Crippen LogP contribution in [0.25, 0.3) is 22.1 Å². The number of hydrogen-bond acceptors (Lipinski definition) is 8. The number of carbonyl (C=O) groups is 1. The van der Waals surface area contributed by atoms with E-state index in [2.05, 4.69) is 20.2 Å². The minimum absolute atomic E-state index is 0.0675. The largest absolute Gasteiger partial charge is 0.444 e. The lowest BCUT2D eigenvalue weighted by Crippen LogP contribution is -2.49. The summed E-state index contributed by atoms with van der Waals surface area (Å²) in [6.07, 6.45) is 6.68. The van der Waals surface area contributed by atoms with Crippen LogP contribution in [0.15, 0.2) is 52.2 Å². The molecule has 5 rings (SSSR count). The molecule has 0 bridgehead atoms. The van der Waals surface area contributed by atoms with Crippen LogP contribution < -0.4 is 21.5 Å². The van der Waals surface area contributed by atoms with Gasteiger partial charge < -0.3 is 19.5 Å². The molecule has 4 aromatic rings. The molecule has 12 heteroatoms. The third kappa shape index (κ3) is 5.86. The van der Waals surface area contributed by atoms with Crippen molar-refractivity contribution in [3.63, 3.8) is 0 Å². The van der Waals surface area contributed by atoms with E-state index >= 15 is 0 Å². The Morgan fingerprint density at radius 3 is 2.71 bits per heavy atom. The molecule has 1 aliphatic rings. The van der Waals surface area contributed by atoms with Crippen LogP contribution in [-0.2, 0) is 24.9 Å². The van der Waals surface area contributed by atoms with E-state index in [1.165, 1.54) is 4.57 Å². The maximum Gasteiger partial charge on any atom is 0.407 e. The minimum atomic E-state index is -0.596. The molecule has 216 valence electrons. The number of amides is 1. The molecule has 1 amide bonds. The SMILES string of the molecule is CC=CCn1c(N2CCC[C@H](NC(=O)OC(C)(C)C)C2)nc2c1c(=O)n(Cc1ncc3ccccc3n1)c(=O)n2C. The maximum atomic E-state index is 13.9. The lowest BCUT2D eigenvalue weighted by atomic mass is 10.1. The second kappa shape index (κ2) is 11.2. The van der Waals surface area contributed by atoms with Crippen LogP contribution in [0.1, 0.15) is 46.4 Å². The number of fused-ring (bicyclic) bond motifs is 2. The molecule has 1 aliphatic heterocycles. The van der Waals surface area contributed by atoms with Crippen LogP contribution >= 0.6 is 0 Å². The Bertz CT molecular complexity index is 1740. The zero-order valence-corrected chi connectivity index (χ0v) is 24.1. The molecular formula is C29H36N8O4. The molecule has 41 heavy (non-hydrogen) atoms. The van der Waals surface area contributed by atoms with Gasteiger partial charge in [0.2, 0.25) is 5.95 Å². The van der Waals surface area contributed by atoms with E-state index in [-0.39, 0.29) is 12.6 Å². The van der Waals surface area contributed by atoms with Crippen molar-refractivity contribution in [2.24, 2.45) is 7.05 Å². The number of ether oxygens (including phenoxy) is 1. The van der Waals surface area contributed by atoms with Crippen molar-refractivity contribution in [3.8, 4) is 0 Å². The van der Waals surface area contributed by atoms with Crippen LogP contribution in [0.4, 0.5) is 10.7 Å². The summed E-state index contributed by atoms with van der Waals surface area (Å²) < 4.78 is 9.84. The average molecular weight is 561 g/mol. The predicted octanol–water partition coefficient (Wildman–Crippen LogP) is 2.96. The van der Waals surface area contributed by atoms with E-state index in [4.69, 9.17) is 9.72 Å². The van der Waals surface area contributed by atoms with E-state index in [0.29, 0.717) is 42.6 Å². The van der Waals surface area contributed by atoms with Gasteiger partial charge >= 0.3 is 11.8 Å². The lowest BCUT2D eigenvalue weighted by molar-refractivity contribution is 0.0499. The number of allylic oxidation sites excluding steroid dienone is 2. The molecule has 3 aromatic heterocycles. The van der Waals surface area contributed by atoms with Crippen molar-refractivity contribution < 1.29 is 9.53 Å². The number of carbonyl (C=O) groups excluding carboxylic acids is 1. The molecular weight excluding hydrogens is 524 g/mol. The topological polar surface area (TPSA) is 129 Å². The molecule has 0 aliphatic carbocycles. The molecule has 1 saturated heterocycles. The van der Waals surface area contributed by atoms with E-state index in [1.54, 1.807) is 13.2 Å². The van der Waals surface area contributed by atoms with Gasteiger partial charge in [-0.1, -0.05) is 30.4 Å². The number of alkyl carbamates (subject to hydrolysis) is 1. The Labute approximate surface area is 237 Å². The van der Waals surface area contributed by atoms with Crippen molar-refractivity contribution >= 4 is 34.1 Å². The van der Waals surface area contributed by atoms with Gasteiger partial charge in [-0.15, -0.1) is 0 Å². The Hall–Kier alpha value is -4.48. The van der Waals surface area contributed by atoms with Gasteiger partial charge in [0.1, 0.15) is 11.4 Å². The van der Waals surface area contributed by atoms with Gasteiger partial charge in [0.15, 0.2) is 11.2 Å². The highest BCUT2D eigenvalue weighted by molar-refractivity contribution is 5.77. The standard InChI is InChI=1S/C29H36N8O4/c1-6-7-15-36-23-24(33-26(36)35-14-10-12-20(17-35)31-27(39)41-29(2,3)4)34(5)28(40)37(25(23)38)18-22-30-16-19-11-8-9-13-21(19)32-22/h6-9,11,13,16,20H,10,12,14-15,17-18H2,1-5H3,(H,31,39)/t20-/m0/s1. The molecule has 0 unspecified atom stereocenters. The third-order valence-corrected chi connectivity index (χ3v) is 7.00. The van der Waals surface area contributed by atoms with Crippen molar-refractivity contribution in [1.82, 2.24) is 34.0 Å². The highest BCUT2D eigenvalue weighted by Crippen LogP contribution is 2.24. The molecule has 1 atom stereocenters. The normalized spacial score (nSPS) is 16.1. The quantitative estimate of drug-likeness (QED) is 0.357. The number of imidazole rings is 1. The van der Waals surface area contributed by atoms with Gasteiger partial charge in [-0.25, -0.2) is 19.6 Å². The minimum Gasteiger partial charge on any atom is -0.444 e. The summed E-state index contributed by atoms with van der Waals surface area (Å²) in [4.78, 5) is 55.6. The Morgan fingerprint density at radius 1 is 1.17 bits per heavy atom. The number of piperidine rings is 1. The van der Waals surface area contributed by atoms with Crippen LogP contribution in [0, 0.1) is 0 Å². The molecule has 0 spiro atoms. The smallest absolute Gasteiger partial charge is 0.407 e. The van der Waals surface area contributed by atoms with E-state index in [1.807, 2.05) is 68.7 Å². The van der Waals surface area contributed by atoms with Crippen LogP contribution in [0.2, 0.25) is 0 Å². The fourth-order valence-corrected chi connectivity index (χ4v) is 5.10. The summed E-state index contributed by atoms with van der Waals surface area (Å²) in [7, 11) is 1.61. The van der Waals surface area contributed by atoms with Gasteiger partial charge in [0, 0.05) is 44.3 Å². The van der Waals surface area contributed by atoms with Crippen molar-refractivity contribution in [3.05, 3.63) is 69.3 Å². The summed E-state index contributed by atoms with van der Waals surface area (Å²) in [6.45, 7) is 8.90. The van der Waals surface area contributed by atoms with Crippen LogP contribution in [-0.4, -0.2) is 59.5 Å². The number of para-hydroxylation sites is 1. The summed E-state index contributed by atoms with van der Waals surface area (Å²) >= 11 is 0. The van der Waals surface area contributed by atoms with Gasteiger partial charge in [-0.3, -0.25) is 13.9 Å². The Balaban J connectivity index is 1.53. The van der Waals surface area contributed by atoms with Crippen LogP contribution in [0.3, 0.4) is 0 Å². The Morgan fingerprint density at radius 2 is 1.95 bits per heavy atom. The van der Waals surface area contributed by atoms with E-state index in [9.17, 15) is 14.4 Å². The van der Waals surface area contributed by atoms with Gasteiger partial charge in [0.05, 0.1) is 12.1 Å². The molecule has 1 fully saturated rings. The number of rotatable bonds is 6. The number of nitrogens with one attached hydrogen (secondary N) is 1. The van der Waals surface area contributed by atoms with Gasteiger partial charge in [0.25, 0.3) is 5.56 Å². The second-order valence-electron chi connectivity index (χ2n) is 11.3. The summed E-state index contributed by atoms with van der Waals surface area (Å²) in [5.41, 5.74) is -0.182. The molecule has 0 saturated carbocycles. The first-order chi connectivity index (χ1) is 19.6. The summed E-state index contributed by atoms with van der Waals surface area (Å²) in [5.74, 6) is 0.940. The van der Waals surface area contributed by atoms with Crippen molar-refractivity contribution in [2.75, 3.05) is 18.0 Å². The highest BCUT2D eigenvalue weighted by atomic mass is 16.6. The molecule has 4 heterocycles. The predicted molar refractivity (Wildman–Crippen MR) is 157 cm³/mol. The number of benzene rings is 1. The number of anilines is 1. The summed E-state index contributed by atoms with van der Waals surface area (Å²) in [6, 6.07) is 7.41. The number of aromatic nitrogens is 6. The fraction of sp³-hybridized carbons (Fsp3) is 0.448. The second-order valence-corrected chi connectivity index (χ2v) is 11.3. The van der Waals surface area contributed by atoms with E-state index in [0.717, 1.165) is 28.3 Å². The fourth-order valence-electron chi connectivity index (χ4n) is 5.10. The van der Waals surface area contributed by atoms with Crippen molar-refractivity contribution in [1.29, 1.82) is 0 Å². The Kier molecular flexibility index (Phi) is 7.65. The van der Waals surface area contributed by atoms with Gasteiger partial charge in [-0.2, -0.15) is 4.98 Å². The van der Waals surface area contributed by atoms with Gasteiger partial charge in [-0.05, 0) is 46.6 Å². The molecule has 0 radical (unpaired) electrons. The average Bonchev–Trinajstić information content (AvgIpc) is 3.32. The lowest BCUT2D eigenvalue weighted by Gasteiger charge is -2.34. The maximum absolute atomic E-state index is 13.9. The number of hydrogen-bond donors (Lipinski definition) is 1. The summed E-state index contributed by atoms with van der Waals surface area (Å²) in [5, 5.41) is 3.84. The van der Waals surface area contributed by atoms with E-state index < -0.39 is 22.9 Å². The third-order valence-electron chi connectivity index (χ3n) is 7.00. The molecule has 1 N–H and O–H groups in total. The molecule has 12 nitrogen and oxygen atoms in total. The first-order valence-corrected chi connectivity index (χ1v) is 13.8. The van der Waals surface area contributed by atoms with Crippen LogP contribution in [0.5, 0.6) is 0 Å². The monoisotopic (exact) mass is 560 g/mol. The van der Waals surface area contributed by atoms with Crippen molar-refractivity contribution in [2.45, 2.75) is 65.3 Å². The highest BCUT2D eigenvalue weighted by Gasteiger charge is 2.29. The molecule has 1 aromatic carbocycles.